The van der Waals surface area contributed by atoms with Crippen LogP contribution in [0.1, 0.15) is 29.5 Å². The van der Waals surface area contributed by atoms with E-state index in [-0.39, 0.29) is 17.9 Å². The molecule has 0 aliphatic rings. The number of aryl methyl sites for hydroxylation is 1. The Morgan fingerprint density at radius 2 is 2.30 bits per heavy atom. The number of hydrogen-bond donors (Lipinski definition) is 1. The number of aromatic nitrogens is 4. The SMILES string of the molecule is CCCn1nnnc1COc1cc(Br)ccc1C(=O)O. The van der Waals surface area contributed by atoms with E-state index in [2.05, 4.69) is 31.5 Å². The number of hydrogen-bond acceptors (Lipinski definition) is 5. The van der Waals surface area contributed by atoms with Crippen molar-refractivity contribution < 1.29 is 14.6 Å². The van der Waals surface area contributed by atoms with Gasteiger partial charge in [0.2, 0.25) is 0 Å². The maximum Gasteiger partial charge on any atom is 0.339 e. The summed E-state index contributed by atoms with van der Waals surface area (Å²) in [5.41, 5.74) is 0.0997. The van der Waals surface area contributed by atoms with Crippen molar-refractivity contribution in [3.05, 3.63) is 34.1 Å². The molecule has 0 atom stereocenters. The lowest BCUT2D eigenvalue weighted by Crippen LogP contribution is -2.10. The summed E-state index contributed by atoms with van der Waals surface area (Å²) < 4.78 is 7.92. The van der Waals surface area contributed by atoms with E-state index >= 15 is 0 Å². The quantitative estimate of drug-likeness (QED) is 0.866. The molecule has 0 bridgehead atoms. The number of carboxylic acid groups (broad SMARTS) is 1. The van der Waals surface area contributed by atoms with E-state index in [0.717, 1.165) is 10.9 Å². The third kappa shape index (κ3) is 3.32. The van der Waals surface area contributed by atoms with Crippen molar-refractivity contribution >= 4 is 21.9 Å². The molecule has 0 fully saturated rings. The predicted octanol–water partition coefficient (Wildman–Crippen LogP) is 2.12. The van der Waals surface area contributed by atoms with Crippen LogP contribution in [0.3, 0.4) is 0 Å². The lowest BCUT2D eigenvalue weighted by molar-refractivity contribution is 0.0691. The normalized spacial score (nSPS) is 10.5. The summed E-state index contributed by atoms with van der Waals surface area (Å²) in [7, 11) is 0. The summed E-state index contributed by atoms with van der Waals surface area (Å²) >= 11 is 3.29. The fourth-order valence-corrected chi connectivity index (χ4v) is 1.99. The van der Waals surface area contributed by atoms with Crippen LogP contribution in [0.15, 0.2) is 22.7 Å². The van der Waals surface area contributed by atoms with Gasteiger partial charge in [0.05, 0.1) is 0 Å². The van der Waals surface area contributed by atoms with Gasteiger partial charge in [-0.3, -0.25) is 0 Å². The largest absolute Gasteiger partial charge is 0.485 e. The van der Waals surface area contributed by atoms with Gasteiger partial charge >= 0.3 is 5.97 Å². The van der Waals surface area contributed by atoms with E-state index in [9.17, 15) is 4.79 Å². The lowest BCUT2D eigenvalue weighted by atomic mass is 10.2. The van der Waals surface area contributed by atoms with Crippen molar-refractivity contribution in [1.29, 1.82) is 0 Å². The molecule has 0 saturated heterocycles. The molecule has 0 radical (unpaired) electrons. The Hall–Kier alpha value is -1.96. The zero-order valence-electron chi connectivity index (χ0n) is 10.8. The van der Waals surface area contributed by atoms with Gasteiger partial charge in [0.1, 0.15) is 17.9 Å². The minimum absolute atomic E-state index is 0.0997. The molecular weight excluding hydrogens is 328 g/mol. The summed E-state index contributed by atoms with van der Waals surface area (Å²) in [6.07, 6.45) is 0.898. The zero-order chi connectivity index (χ0) is 14.5. The van der Waals surface area contributed by atoms with Crippen LogP contribution in [-0.2, 0) is 13.2 Å². The van der Waals surface area contributed by atoms with Crippen molar-refractivity contribution in [2.75, 3.05) is 0 Å². The topological polar surface area (TPSA) is 90.1 Å². The molecule has 0 amide bonds. The smallest absolute Gasteiger partial charge is 0.339 e. The van der Waals surface area contributed by atoms with Gasteiger partial charge in [-0.1, -0.05) is 22.9 Å². The molecule has 106 valence electrons. The van der Waals surface area contributed by atoms with Gasteiger partial charge in [0.25, 0.3) is 0 Å². The Balaban J connectivity index is 2.16. The van der Waals surface area contributed by atoms with Crippen LogP contribution < -0.4 is 4.74 Å². The van der Waals surface area contributed by atoms with Crippen LogP contribution >= 0.6 is 15.9 Å². The van der Waals surface area contributed by atoms with Gasteiger partial charge in [-0.25, -0.2) is 9.48 Å². The Morgan fingerprint density at radius 1 is 1.50 bits per heavy atom. The zero-order valence-corrected chi connectivity index (χ0v) is 12.4. The molecule has 1 aromatic carbocycles. The van der Waals surface area contributed by atoms with E-state index in [0.29, 0.717) is 12.4 Å². The first-order valence-electron chi connectivity index (χ1n) is 6.02. The van der Waals surface area contributed by atoms with Crippen molar-refractivity contribution in [1.82, 2.24) is 20.2 Å². The number of benzene rings is 1. The molecule has 0 aliphatic carbocycles. The van der Waals surface area contributed by atoms with Crippen LogP contribution in [0.5, 0.6) is 5.75 Å². The Labute approximate surface area is 123 Å². The second-order valence-electron chi connectivity index (χ2n) is 4.05. The number of aromatic carboxylic acids is 1. The number of nitrogens with zero attached hydrogens (tertiary/aromatic N) is 4. The van der Waals surface area contributed by atoms with Gasteiger partial charge in [-0.05, 0) is 35.0 Å². The molecule has 1 heterocycles. The molecule has 1 N–H and O–H groups in total. The molecule has 20 heavy (non-hydrogen) atoms. The number of tetrazole rings is 1. The van der Waals surface area contributed by atoms with E-state index in [4.69, 9.17) is 9.84 Å². The molecule has 2 rings (SSSR count). The Morgan fingerprint density at radius 3 is 3.00 bits per heavy atom. The van der Waals surface area contributed by atoms with Gasteiger partial charge in [0, 0.05) is 11.0 Å². The predicted molar refractivity (Wildman–Crippen MR) is 73.5 cm³/mol. The van der Waals surface area contributed by atoms with Crippen molar-refractivity contribution in [3.63, 3.8) is 0 Å². The van der Waals surface area contributed by atoms with E-state index < -0.39 is 5.97 Å². The van der Waals surface area contributed by atoms with Crippen LogP contribution in [0, 0.1) is 0 Å². The minimum Gasteiger partial charge on any atom is -0.485 e. The summed E-state index contributed by atoms with van der Waals surface area (Å²) in [4.78, 5) is 11.1. The molecule has 1 aromatic heterocycles. The summed E-state index contributed by atoms with van der Waals surface area (Å²) in [6.45, 7) is 2.82. The van der Waals surface area contributed by atoms with Gasteiger partial charge in [0.15, 0.2) is 5.82 Å². The number of carbonyl (C=O) groups is 1. The van der Waals surface area contributed by atoms with Gasteiger partial charge < -0.3 is 9.84 Å². The number of carboxylic acids is 1. The van der Waals surface area contributed by atoms with Crippen LogP contribution in [0.4, 0.5) is 0 Å². The molecule has 0 aliphatic heterocycles. The highest BCUT2D eigenvalue weighted by Crippen LogP contribution is 2.24. The van der Waals surface area contributed by atoms with Crippen molar-refractivity contribution in [3.8, 4) is 5.75 Å². The lowest BCUT2D eigenvalue weighted by Gasteiger charge is -2.09. The second-order valence-corrected chi connectivity index (χ2v) is 4.97. The number of ether oxygens (including phenoxy) is 1. The molecule has 8 heteroatoms. The van der Waals surface area contributed by atoms with E-state index in [1.165, 1.54) is 6.07 Å². The maximum absolute atomic E-state index is 11.1. The van der Waals surface area contributed by atoms with Crippen LogP contribution in [-0.4, -0.2) is 31.3 Å². The number of halogens is 1. The fraction of sp³-hybridized carbons (Fsp3) is 0.333. The van der Waals surface area contributed by atoms with Crippen LogP contribution in [0.2, 0.25) is 0 Å². The highest BCUT2D eigenvalue weighted by Gasteiger charge is 2.13. The summed E-state index contributed by atoms with van der Waals surface area (Å²) in [6, 6.07) is 4.74. The first kappa shape index (κ1) is 14.4. The third-order valence-electron chi connectivity index (χ3n) is 2.57. The van der Waals surface area contributed by atoms with E-state index in [1.807, 2.05) is 6.92 Å². The Bertz CT molecular complexity index is 614. The second kappa shape index (κ2) is 6.47. The van der Waals surface area contributed by atoms with Crippen molar-refractivity contribution in [2.24, 2.45) is 0 Å². The average Bonchev–Trinajstić information content (AvgIpc) is 2.84. The number of rotatable bonds is 6. The first-order valence-corrected chi connectivity index (χ1v) is 6.81. The summed E-state index contributed by atoms with van der Waals surface area (Å²) in [5.74, 6) is -0.207. The average molecular weight is 341 g/mol. The highest BCUT2D eigenvalue weighted by molar-refractivity contribution is 9.10. The molecule has 2 aromatic rings. The maximum atomic E-state index is 11.1. The molecule has 0 spiro atoms. The third-order valence-corrected chi connectivity index (χ3v) is 3.07. The standard InChI is InChI=1S/C12H13BrN4O3/c1-2-5-17-11(14-15-16-17)7-20-10-6-8(13)3-4-9(10)12(18)19/h3-4,6H,2,5,7H2,1H3,(H,18,19). The summed E-state index contributed by atoms with van der Waals surface area (Å²) in [5, 5.41) is 20.4. The minimum atomic E-state index is -1.04. The molecular formula is C12H13BrN4O3. The first-order chi connectivity index (χ1) is 9.61. The van der Waals surface area contributed by atoms with Crippen LogP contribution in [0.25, 0.3) is 0 Å². The highest BCUT2D eigenvalue weighted by atomic mass is 79.9. The van der Waals surface area contributed by atoms with E-state index in [1.54, 1.807) is 16.8 Å². The van der Waals surface area contributed by atoms with Crippen molar-refractivity contribution in [2.45, 2.75) is 26.5 Å². The molecule has 7 nitrogen and oxygen atoms in total. The van der Waals surface area contributed by atoms with Gasteiger partial charge in [-0.15, -0.1) is 5.10 Å². The monoisotopic (exact) mass is 340 g/mol. The van der Waals surface area contributed by atoms with Gasteiger partial charge in [-0.2, -0.15) is 0 Å². The molecule has 0 unspecified atom stereocenters. The fourth-order valence-electron chi connectivity index (χ4n) is 1.65. The Kier molecular flexibility index (Phi) is 4.67. The molecule has 0 saturated carbocycles.